The lowest BCUT2D eigenvalue weighted by Gasteiger charge is -2.06. The molecule has 10 heteroatoms. The third-order valence-electron chi connectivity index (χ3n) is 1.50. The molecule has 0 N–H and O–H groups in total. The van der Waals surface area contributed by atoms with Gasteiger partial charge >= 0.3 is 6.18 Å². The fourth-order valence-electron chi connectivity index (χ4n) is 0.892. The molecule has 0 atom stereocenters. The van der Waals surface area contributed by atoms with Crippen molar-refractivity contribution < 1.29 is 13.2 Å². The third kappa shape index (κ3) is 3.27. The Hall–Kier alpha value is -0.930. The molecule has 0 fully saturated rings. The lowest BCUT2D eigenvalue weighted by atomic mass is 10.4. The minimum absolute atomic E-state index is 0.0778. The van der Waals surface area contributed by atoms with Crippen LogP contribution in [0.25, 0.3) is 0 Å². The lowest BCUT2D eigenvalue weighted by Crippen LogP contribution is -2.09. The average Bonchev–Trinajstić information content (AvgIpc) is 2.68. The van der Waals surface area contributed by atoms with Gasteiger partial charge in [0.05, 0.1) is 0 Å². The van der Waals surface area contributed by atoms with Crippen LogP contribution in [-0.4, -0.2) is 19.3 Å². The maximum atomic E-state index is 12.4. The molecular formula is C7H2ClF3N4S2. The predicted octanol–water partition coefficient (Wildman–Crippen LogP) is 3.15. The number of rotatable bonds is 2. The molecule has 2 rings (SSSR count). The van der Waals surface area contributed by atoms with E-state index in [2.05, 4.69) is 19.3 Å². The van der Waals surface area contributed by atoms with Gasteiger partial charge in [0.1, 0.15) is 11.4 Å². The number of aromatic nitrogens is 4. The van der Waals surface area contributed by atoms with Crippen molar-refractivity contribution in [2.75, 3.05) is 0 Å². The highest BCUT2D eigenvalue weighted by Crippen LogP contribution is 2.33. The molecule has 0 amide bonds. The van der Waals surface area contributed by atoms with Crippen LogP contribution in [0.15, 0.2) is 21.8 Å². The monoisotopic (exact) mass is 298 g/mol. The van der Waals surface area contributed by atoms with E-state index in [0.29, 0.717) is 4.34 Å². The van der Waals surface area contributed by atoms with E-state index < -0.39 is 17.2 Å². The topological polar surface area (TPSA) is 51.6 Å². The Bertz CT molecular complexity index is 516. The summed E-state index contributed by atoms with van der Waals surface area (Å²) < 4.78 is 41.5. The van der Waals surface area contributed by atoms with Crippen molar-refractivity contribution in [3.8, 4) is 0 Å². The number of halogens is 4. The Kier molecular flexibility index (Phi) is 3.50. The second-order valence-electron chi connectivity index (χ2n) is 2.67. The van der Waals surface area contributed by atoms with Crippen molar-refractivity contribution in [3.63, 3.8) is 0 Å². The van der Waals surface area contributed by atoms with Crippen molar-refractivity contribution >= 4 is 34.9 Å². The zero-order valence-electron chi connectivity index (χ0n) is 7.77. The molecule has 0 saturated carbocycles. The average molecular weight is 299 g/mol. The van der Waals surface area contributed by atoms with Crippen molar-refractivity contribution in [2.45, 2.75) is 15.5 Å². The Morgan fingerprint density at radius 1 is 1.29 bits per heavy atom. The first-order valence-corrected chi connectivity index (χ1v) is 5.98. The van der Waals surface area contributed by atoms with Gasteiger partial charge in [-0.2, -0.15) is 17.5 Å². The molecule has 0 saturated heterocycles. The number of hydrogen-bond acceptors (Lipinski definition) is 6. The van der Waals surface area contributed by atoms with Crippen molar-refractivity contribution in [1.82, 2.24) is 19.3 Å². The molecule has 0 unspecified atom stereocenters. The SMILES string of the molecule is FC(F)(F)c1cc(Sc2ncns2)nc(Cl)n1. The first-order valence-electron chi connectivity index (χ1n) is 4.01. The molecule has 2 aromatic rings. The van der Waals surface area contributed by atoms with Gasteiger partial charge < -0.3 is 0 Å². The van der Waals surface area contributed by atoms with Crippen LogP contribution in [0.4, 0.5) is 13.2 Å². The van der Waals surface area contributed by atoms with Crippen LogP contribution in [0.1, 0.15) is 5.69 Å². The van der Waals surface area contributed by atoms with Crippen LogP contribution in [0.3, 0.4) is 0 Å². The molecule has 0 spiro atoms. The Balaban J connectivity index is 2.32. The third-order valence-corrected chi connectivity index (χ3v) is 3.30. The highest BCUT2D eigenvalue weighted by atomic mass is 35.5. The maximum Gasteiger partial charge on any atom is 0.433 e. The number of hydrogen-bond donors (Lipinski definition) is 0. The highest BCUT2D eigenvalue weighted by Gasteiger charge is 2.33. The molecule has 0 aromatic carbocycles. The van der Waals surface area contributed by atoms with Gasteiger partial charge in [-0.1, -0.05) is 0 Å². The van der Waals surface area contributed by atoms with Gasteiger partial charge in [-0.3, -0.25) is 0 Å². The summed E-state index contributed by atoms with van der Waals surface area (Å²) in [6.07, 6.45) is -3.25. The molecule has 2 heterocycles. The zero-order chi connectivity index (χ0) is 12.5. The first kappa shape index (κ1) is 12.5. The van der Waals surface area contributed by atoms with Crippen LogP contribution in [0, 0.1) is 0 Å². The lowest BCUT2D eigenvalue weighted by molar-refractivity contribution is -0.141. The molecule has 0 radical (unpaired) electrons. The van der Waals surface area contributed by atoms with Crippen LogP contribution in [-0.2, 0) is 6.18 Å². The van der Waals surface area contributed by atoms with Gasteiger partial charge in [-0.05, 0) is 34.9 Å². The van der Waals surface area contributed by atoms with E-state index >= 15 is 0 Å². The summed E-state index contributed by atoms with van der Waals surface area (Å²) in [4.78, 5) is 10.6. The second-order valence-corrected chi connectivity index (χ2v) is 5.05. The molecule has 0 aliphatic carbocycles. The van der Waals surface area contributed by atoms with E-state index in [1.54, 1.807) is 0 Å². The van der Waals surface area contributed by atoms with Crippen LogP contribution < -0.4 is 0 Å². The Labute approximate surface area is 106 Å². The van der Waals surface area contributed by atoms with Gasteiger partial charge in [0.25, 0.3) is 0 Å². The van der Waals surface area contributed by atoms with E-state index in [9.17, 15) is 13.2 Å². The molecule has 0 bridgehead atoms. The first-order chi connectivity index (χ1) is 7.95. The van der Waals surface area contributed by atoms with E-state index in [4.69, 9.17) is 11.6 Å². The smallest absolute Gasteiger partial charge is 0.216 e. The Morgan fingerprint density at radius 3 is 2.65 bits per heavy atom. The van der Waals surface area contributed by atoms with Gasteiger partial charge in [0, 0.05) is 6.07 Å². The minimum atomic E-state index is -4.55. The van der Waals surface area contributed by atoms with E-state index in [1.165, 1.54) is 6.33 Å². The summed E-state index contributed by atoms with van der Waals surface area (Å²) in [5.74, 6) is 0. The quantitative estimate of drug-likeness (QED) is 0.630. The summed E-state index contributed by atoms with van der Waals surface area (Å²) in [6.45, 7) is 0. The van der Waals surface area contributed by atoms with Gasteiger partial charge in [-0.25, -0.2) is 15.0 Å². The molecule has 0 aliphatic rings. The zero-order valence-corrected chi connectivity index (χ0v) is 10.2. The van der Waals surface area contributed by atoms with Gasteiger partial charge in [0.15, 0.2) is 10.0 Å². The van der Waals surface area contributed by atoms with Gasteiger partial charge in [0.2, 0.25) is 5.28 Å². The second kappa shape index (κ2) is 4.75. The molecule has 90 valence electrons. The number of nitrogens with zero attached hydrogens (tertiary/aromatic N) is 4. The molecule has 0 aliphatic heterocycles. The number of alkyl halides is 3. The summed E-state index contributed by atoms with van der Waals surface area (Å²) >= 11 is 7.43. The molecule has 17 heavy (non-hydrogen) atoms. The van der Waals surface area contributed by atoms with Crippen LogP contribution in [0.5, 0.6) is 0 Å². The standard InChI is InChI=1S/C7H2ClF3N4S2/c8-5-14-3(7(9,10)11)1-4(15-5)16-6-12-2-13-17-6/h1-2H. The van der Waals surface area contributed by atoms with E-state index in [0.717, 1.165) is 29.4 Å². The fourth-order valence-corrected chi connectivity index (χ4v) is 2.52. The summed E-state index contributed by atoms with van der Waals surface area (Å²) in [6, 6.07) is 0.817. The van der Waals surface area contributed by atoms with Gasteiger partial charge in [-0.15, -0.1) is 0 Å². The van der Waals surface area contributed by atoms with Crippen LogP contribution >= 0.6 is 34.9 Å². The van der Waals surface area contributed by atoms with Crippen LogP contribution in [0.2, 0.25) is 5.28 Å². The largest absolute Gasteiger partial charge is 0.433 e. The fraction of sp³-hybridized carbons (Fsp3) is 0.143. The molecule has 4 nitrogen and oxygen atoms in total. The highest BCUT2D eigenvalue weighted by molar-refractivity contribution is 8.00. The minimum Gasteiger partial charge on any atom is -0.216 e. The van der Waals surface area contributed by atoms with E-state index in [-0.39, 0.29) is 5.03 Å². The summed E-state index contributed by atoms with van der Waals surface area (Å²) in [5.41, 5.74) is -1.08. The normalized spacial score (nSPS) is 11.8. The van der Waals surface area contributed by atoms with Crippen molar-refractivity contribution in [3.05, 3.63) is 23.4 Å². The predicted molar refractivity (Wildman–Crippen MR) is 56.1 cm³/mol. The van der Waals surface area contributed by atoms with Crippen molar-refractivity contribution in [2.24, 2.45) is 0 Å². The Morgan fingerprint density at radius 2 is 2.06 bits per heavy atom. The van der Waals surface area contributed by atoms with Crippen molar-refractivity contribution in [1.29, 1.82) is 0 Å². The molecule has 2 aromatic heterocycles. The van der Waals surface area contributed by atoms with E-state index in [1.807, 2.05) is 0 Å². The maximum absolute atomic E-state index is 12.4. The molecular weight excluding hydrogens is 297 g/mol. The summed E-state index contributed by atoms with van der Waals surface area (Å²) in [5, 5.41) is -0.374. The summed E-state index contributed by atoms with van der Waals surface area (Å²) in [7, 11) is 0.